The van der Waals surface area contributed by atoms with Crippen molar-refractivity contribution in [2.24, 2.45) is 0 Å². The number of morpholine rings is 1. The molecule has 3 rings (SSSR count). The monoisotopic (exact) mass is 376 g/mol. The Morgan fingerprint density at radius 3 is 2.63 bits per heavy atom. The maximum absolute atomic E-state index is 12.2. The summed E-state index contributed by atoms with van der Waals surface area (Å²) in [5.41, 5.74) is 0.633. The van der Waals surface area contributed by atoms with Crippen molar-refractivity contribution >= 4 is 23.5 Å². The molecule has 2 atom stereocenters. The van der Waals surface area contributed by atoms with Crippen LogP contribution < -0.4 is 9.64 Å². The third-order valence-corrected chi connectivity index (χ3v) is 4.48. The third-order valence-electron chi connectivity index (χ3n) is 4.48. The van der Waals surface area contributed by atoms with E-state index in [0.29, 0.717) is 24.5 Å². The minimum Gasteiger partial charge on any atom is -0.482 e. The Hall–Kier alpha value is -2.61. The van der Waals surface area contributed by atoms with Crippen molar-refractivity contribution in [1.29, 1.82) is 0 Å². The molecule has 0 saturated carbocycles. The number of para-hydroxylation sites is 2. The molecular weight excluding hydrogens is 352 g/mol. The fourth-order valence-electron chi connectivity index (χ4n) is 3.29. The van der Waals surface area contributed by atoms with E-state index in [2.05, 4.69) is 0 Å². The predicted octanol–water partition coefficient (Wildman–Crippen LogP) is 0.981. The summed E-state index contributed by atoms with van der Waals surface area (Å²) < 4.78 is 16.1. The largest absolute Gasteiger partial charge is 0.482 e. The van der Waals surface area contributed by atoms with Crippen molar-refractivity contribution in [2.45, 2.75) is 32.5 Å². The molecule has 1 saturated heterocycles. The number of fused-ring (bicyclic) bond motifs is 1. The zero-order valence-electron chi connectivity index (χ0n) is 15.6. The van der Waals surface area contributed by atoms with Gasteiger partial charge in [-0.1, -0.05) is 12.1 Å². The first-order valence-electron chi connectivity index (χ1n) is 9.05. The van der Waals surface area contributed by atoms with Crippen LogP contribution in [0, 0.1) is 0 Å². The third kappa shape index (κ3) is 4.77. The molecule has 0 aromatic heterocycles. The lowest BCUT2D eigenvalue weighted by atomic mass is 10.2. The van der Waals surface area contributed by atoms with E-state index in [0.717, 1.165) is 0 Å². The van der Waals surface area contributed by atoms with Crippen LogP contribution in [0.25, 0.3) is 0 Å². The van der Waals surface area contributed by atoms with Gasteiger partial charge in [0.25, 0.3) is 11.8 Å². The normalized spacial score (nSPS) is 22.1. The van der Waals surface area contributed by atoms with Gasteiger partial charge in [-0.05, 0) is 26.0 Å². The quantitative estimate of drug-likeness (QED) is 0.712. The molecule has 2 aliphatic rings. The Kier molecular flexibility index (Phi) is 5.95. The van der Waals surface area contributed by atoms with Crippen LogP contribution in [0.5, 0.6) is 5.75 Å². The van der Waals surface area contributed by atoms with Crippen LogP contribution >= 0.6 is 0 Å². The van der Waals surface area contributed by atoms with Gasteiger partial charge in [0, 0.05) is 19.6 Å². The molecule has 0 unspecified atom stereocenters. The van der Waals surface area contributed by atoms with Crippen molar-refractivity contribution in [3.8, 4) is 5.75 Å². The number of hydrogen-bond donors (Lipinski definition) is 0. The van der Waals surface area contributed by atoms with E-state index in [1.165, 1.54) is 4.90 Å². The average molecular weight is 376 g/mol. The van der Waals surface area contributed by atoms with Crippen molar-refractivity contribution in [3.63, 3.8) is 0 Å². The summed E-state index contributed by atoms with van der Waals surface area (Å²) in [4.78, 5) is 39.5. The summed E-state index contributed by atoms with van der Waals surface area (Å²) in [6.07, 6.45) is -0.0786. The van der Waals surface area contributed by atoms with Gasteiger partial charge in [0.15, 0.2) is 13.2 Å². The van der Waals surface area contributed by atoms with Gasteiger partial charge in [0.05, 0.1) is 24.3 Å². The van der Waals surface area contributed by atoms with Crippen LogP contribution in [0.1, 0.15) is 20.3 Å². The molecule has 0 bridgehead atoms. The van der Waals surface area contributed by atoms with Gasteiger partial charge in [-0.2, -0.15) is 0 Å². The zero-order chi connectivity index (χ0) is 19.4. The Morgan fingerprint density at radius 1 is 1.19 bits per heavy atom. The molecule has 27 heavy (non-hydrogen) atoms. The lowest BCUT2D eigenvalue weighted by Crippen LogP contribution is -2.49. The number of benzene rings is 1. The van der Waals surface area contributed by atoms with Crippen molar-refractivity contribution in [2.75, 3.05) is 37.7 Å². The van der Waals surface area contributed by atoms with Crippen LogP contribution in [-0.2, 0) is 23.9 Å². The number of carbonyl (C=O) groups is 3. The molecule has 0 N–H and O–H groups in total. The smallest absolute Gasteiger partial charge is 0.308 e. The Morgan fingerprint density at radius 2 is 1.89 bits per heavy atom. The summed E-state index contributed by atoms with van der Waals surface area (Å²) in [5.74, 6) is -0.363. The second kappa shape index (κ2) is 8.39. The van der Waals surface area contributed by atoms with Crippen LogP contribution in [0.2, 0.25) is 0 Å². The van der Waals surface area contributed by atoms with Crippen LogP contribution in [0.15, 0.2) is 24.3 Å². The number of esters is 1. The predicted molar refractivity (Wildman–Crippen MR) is 96.5 cm³/mol. The highest BCUT2D eigenvalue weighted by Crippen LogP contribution is 2.31. The Bertz CT molecular complexity index is 712. The molecule has 0 aliphatic carbocycles. The Labute approximate surface area is 158 Å². The number of anilines is 1. The first-order valence-corrected chi connectivity index (χ1v) is 9.05. The SMILES string of the molecule is C[C@@H]1CN(C(=O)COC(=O)CCN2C(=O)COc3ccccc32)C[C@@H](C)O1. The molecule has 8 heteroatoms. The Balaban J connectivity index is 1.47. The van der Waals surface area contributed by atoms with E-state index in [1.54, 1.807) is 23.1 Å². The molecule has 1 fully saturated rings. The van der Waals surface area contributed by atoms with Gasteiger partial charge in [-0.25, -0.2) is 0 Å². The lowest BCUT2D eigenvalue weighted by Gasteiger charge is -2.35. The molecule has 0 spiro atoms. The molecule has 8 nitrogen and oxygen atoms in total. The molecule has 146 valence electrons. The van der Waals surface area contributed by atoms with Crippen molar-refractivity contribution in [3.05, 3.63) is 24.3 Å². The number of hydrogen-bond acceptors (Lipinski definition) is 6. The minimum atomic E-state index is -0.519. The average Bonchev–Trinajstić information content (AvgIpc) is 2.64. The first kappa shape index (κ1) is 19.2. The molecule has 2 aliphatic heterocycles. The van der Waals surface area contributed by atoms with E-state index in [9.17, 15) is 14.4 Å². The van der Waals surface area contributed by atoms with Crippen LogP contribution in [0.3, 0.4) is 0 Å². The van der Waals surface area contributed by atoms with Gasteiger partial charge in [-0.15, -0.1) is 0 Å². The van der Waals surface area contributed by atoms with Crippen molar-refractivity contribution in [1.82, 2.24) is 4.90 Å². The standard InChI is InChI=1S/C19H24N2O6/c1-13-9-20(10-14(2)27-13)17(22)11-26-19(24)7-8-21-15-5-3-4-6-16(15)25-12-18(21)23/h3-6,13-14H,7-12H2,1-2H3/t13-,14-/m1/s1. The van der Waals surface area contributed by atoms with Gasteiger partial charge < -0.3 is 24.0 Å². The minimum absolute atomic E-state index is 0.00324. The molecule has 1 aromatic rings. The van der Waals surface area contributed by atoms with E-state index in [1.807, 2.05) is 19.9 Å². The number of amides is 2. The van der Waals surface area contributed by atoms with E-state index in [-0.39, 0.29) is 50.2 Å². The van der Waals surface area contributed by atoms with Gasteiger partial charge >= 0.3 is 5.97 Å². The summed E-state index contributed by atoms with van der Waals surface area (Å²) in [5, 5.41) is 0. The maximum atomic E-state index is 12.2. The van der Waals surface area contributed by atoms with Crippen LogP contribution in [-0.4, -0.2) is 67.7 Å². The van der Waals surface area contributed by atoms with Gasteiger partial charge in [0.1, 0.15) is 5.75 Å². The highest BCUT2D eigenvalue weighted by molar-refractivity contribution is 5.98. The summed E-state index contributed by atoms with van der Waals surface area (Å²) >= 11 is 0. The molecule has 2 amide bonds. The van der Waals surface area contributed by atoms with E-state index >= 15 is 0 Å². The summed E-state index contributed by atoms with van der Waals surface area (Å²) in [6, 6.07) is 7.16. The maximum Gasteiger partial charge on any atom is 0.308 e. The lowest BCUT2D eigenvalue weighted by molar-refractivity contribution is -0.157. The molecule has 0 radical (unpaired) electrons. The van der Waals surface area contributed by atoms with Crippen molar-refractivity contribution < 1.29 is 28.6 Å². The van der Waals surface area contributed by atoms with Gasteiger partial charge in [0.2, 0.25) is 0 Å². The number of nitrogens with zero attached hydrogens (tertiary/aromatic N) is 2. The van der Waals surface area contributed by atoms with Gasteiger partial charge in [-0.3, -0.25) is 14.4 Å². The summed E-state index contributed by atoms with van der Waals surface area (Å²) in [7, 11) is 0. The first-order chi connectivity index (χ1) is 12.9. The number of ether oxygens (including phenoxy) is 3. The second-order valence-corrected chi connectivity index (χ2v) is 6.77. The topological polar surface area (TPSA) is 85.4 Å². The number of carbonyl (C=O) groups excluding carboxylic acids is 3. The fourth-order valence-corrected chi connectivity index (χ4v) is 3.29. The molecule has 1 aromatic carbocycles. The summed E-state index contributed by atoms with van der Waals surface area (Å²) in [6.45, 7) is 4.60. The zero-order valence-corrected chi connectivity index (χ0v) is 15.6. The second-order valence-electron chi connectivity index (χ2n) is 6.77. The highest BCUT2D eigenvalue weighted by Gasteiger charge is 2.28. The van der Waals surface area contributed by atoms with E-state index in [4.69, 9.17) is 14.2 Å². The molecule has 2 heterocycles. The number of rotatable bonds is 5. The highest BCUT2D eigenvalue weighted by atomic mass is 16.5. The van der Waals surface area contributed by atoms with E-state index < -0.39 is 5.97 Å². The van der Waals surface area contributed by atoms with Crippen LogP contribution in [0.4, 0.5) is 5.69 Å². The molecular formula is C19H24N2O6. The fraction of sp³-hybridized carbons (Fsp3) is 0.526.